The fourth-order valence-corrected chi connectivity index (χ4v) is 4.58. The van der Waals surface area contributed by atoms with Crippen molar-refractivity contribution in [1.82, 2.24) is 24.6 Å². The molecular weight excluding hydrogens is 382 g/mol. The number of benzene rings is 1. The maximum Gasteiger partial charge on any atom is 0.198 e. The fourth-order valence-electron chi connectivity index (χ4n) is 3.84. The van der Waals surface area contributed by atoms with Gasteiger partial charge in [0, 0.05) is 26.2 Å². The Hall–Kier alpha value is -2.09. The van der Waals surface area contributed by atoms with Crippen molar-refractivity contribution >= 4 is 11.8 Å². The summed E-state index contributed by atoms with van der Waals surface area (Å²) in [7, 11) is 4.20. The molecule has 0 bridgehead atoms. The first-order valence-corrected chi connectivity index (χ1v) is 11.1. The zero-order chi connectivity index (χ0) is 20.1. The number of hydrogen-bond donors (Lipinski definition) is 0. The van der Waals surface area contributed by atoms with Gasteiger partial charge in [-0.05, 0) is 62.3 Å². The molecule has 0 radical (unpaired) electrons. The molecular formula is C22H29N5OS. The van der Waals surface area contributed by atoms with Gasteiger partial charge in [-0.3, -0.25) is 4.90 Å². The predicted octanol–water partition coefficient (Wildman–Crippen LogP) is 3.70. The molecule has 0 amide bonds. The summed E-state index contributed by atoms with van der Waals surface area (Å²) >= 11 is 1.51. The van der Waals surface area contributed by atoms with Crippen molar-refractivity contribution in [2.45, 2.75) is 42.1 Å². The van der Waals surface area contributed by atoms with Crippen molar-refractivity contribution in [3.63, 3.8) is 0 Å². The molecule has 0 saturated carbocycles. The van der Waals surface area contributed by atoms with Crippen LogP contribution in [0.2, 0.25) is 0 Å². The third-order valence-electron chi connectivity index (χ3n) is 5.58. The highest BCUT2D eigenvalue weighted by atomic mass is 32.2. The zero-order valence-electron chi connectivity index (χ0n) is 17.2. The molecule has 3 heterocycles. The molecule has 0 spiro atoms. The van der Waals surface area contributed by atoms with E-state index in [1.807, 2.05) is 17.7 Å². The Balaban J connectivity index is 1.28. The van der Waals surface area contributed by atoms with E-state index in [2.05, 4.69) is 63.4 Å². The van der Waals surface area contributed by atoms with E-state index in [4.69, 9.17) is 4.42 Å². The summed E-state index contributed by atoms with van der Waals surface area (Å²) in [4.78, 5) is 5.04. The Kier molecular flexibility index (Phi) is 6.69. The molecule has 1 aromatic carbocycles. The van der Waals surface area contributed by atoms with Gasteiger partial charge < -0.3 is 13.9 Å². The molecule has 154 valence electrons. The average molecular weight is 412 g/mol. The van der Waals surface area contributed by atoms with Crippen LogP contribution in [0.5, 0.6) is 0 Å². The molecule has 0 N–H and O–H groups in total. The first-order valence-electron chi connectivity index (χ1n) is 10.2. The highest BCUT2D eigenvalue weighted by Gasteiger charge is 2.24. The largest absolute Gasteiger partial charge is 0.453 e. The van der Waals surface area contributed by atoms with Crippen molar-refractivity contribution < 1.29 is 4.42 Å². The number of rotatable bonds is 8. The molecule has 1 fully saturated rings. The van der Waals surface area contributed by atoms with Crippen LogP contribution < -0.4 is 0 Å². The van der Waals surface area contributed by atoms with Gasteiger partial charge in [0.2, 0.25) is 0 Å². The second-order valence-electron chi connectivity index (χ2n) is 7.79. The van der Waals surface area contributed by atoms with E-state index in [9.17, 15) is 0 Å². The number of piperidine rings is 1. The third-order valence-corrected chi connectivity index (χ3v) is 6.55. The van der Waals surface area contributed by atoms with Gasteiger partial charge >= 0.3 is 0 Å². The fraction of sp³-hybridized carbons (Fsp3) is 0.455. The summed E-state index contributed by atoms with van der Waals surface area (Å²) < 4.78 is 7.94. The first kappa shape index (κ1) is 20.2. The molecule has 4 rings (SSSR count). The number of hydrogen-bond acceptors (Lipinski definition) is 6. The van der Waals surface area contributed by atoms with Gasteiger partial charge in [-0.25, -0.2) is 0 Å². The molecule has 3 aromatic rings. The topological polar surface area (TPSA) is 50.3 Å². The molecule has 1 atom stereocenters. The minimum atomic E-state index is 0.606. The second-order valence-corrected chi connectivity index (χ2v) is 8.77. The second kappa shape index (κ2) is 9.61. The van der Waals surface area contributed by atoms with Crippen LogP contribution in [0.3, 0.4) is 0 Å². The minimum absolute atomic E-state index is 0.606. The minimum Gasteiger partial charge on any atom is -0.453 e. The van der Waals surface area contributed by atoms with Crippen LogP contribution in [0.15, 0.2) is 63.5 Å². The van der Waals surface area contributed by atoms with Crippen LogP contribution >= 0.6 is 11.8 Å². The van der Waals surface area contributed by atoms with Gasteiger partial charge in [0.25, 0.3) is 0 Å². The van der Waals surface area contributed by atoms with Crippen LogP contribution in [0.25, 0.3) is 0 Å². The summed E-state index contributed by atoms with van der Waals surface area (Å²) in [5.41, 5.74) is 1.41. The van der Waals surface area contributed by atoms with Crippen molar-refractivity contribution in [1.29, 1.82) is 0 Å². The van der Waals surface area contributed by atoms with Crippen LogP contribution in [-0.4, -0.2) is 57.3 Å². The normalized spacial score (nSPS) is 17.8. The quantitative estimate of drug-likeness (QED) is 0.563. The Morgan fingerprint density at radius 2 is 2.07 bits per heavy atom. The number of furan rings is 1. The van der Waals surface area contributed by atoms with Gasteiger partial charge in [-0.15, -0.1) is 10.2 Å². The first-order chi connectivity index (χ1) is 14.2. The third kappa shape index (κ3) is 5.50. The Bertz CT molecular complexity index is 894. The van der Waals surface area contributed by atoms with Crippen LogP contribution in [0.4, 0.5) is 0 Å². The summed E-state index contributed by atoms with van der Waals surface area (Å²) in [5, 5.41) is 9.72. The lowest BCUT2D eigenvalue weighted by Crippen LogP contribution is -2.46. The van der Waals surface area contributed by atoms with Crippen molar-refractivity contribution in [2.75, 3.05) is 26.7 Å². The lowest BCUT2D eigenvalue weighted by molar-refractivity contribution is 0.106. The monoisotopic (exact) mass is 411 g/mol. The van der Waals surface area contributed by atoms with Gasteiger partial charge in [0.05, 0.1) is 6.54 Å². The number of likely N-dealkylation sites (tertiary alicyclic amines) is 1. The standard InChI is InChI=1S/C22H29N5OS/c1-25(14-12-18-7-4-3-5-8-18)19-9-6-13-27(15-19)16-20-10-11-21(28-20)29-22-24-23-17-26(22)2/h3-5,7-8,10-11,17,19H,6,9,12-16H2,1-2H3/t19-/m1/s1. The zero-order valence-corrected chi connectivity index (χ0v) is 18.0. The van der Waals surface area contributed by atoms with E-state index in [0.717, 1.165) is 48.6 Å². The summed E-state index contributed by atoms with van der Waals surface area (Å²) in [6.07, 6.45) is 5.32. The number of likely N-dealkylation sites (N-methyl/N-ethyl adjacent to an activating group) is 1. The summed E-state index contributed by atoms with van der Waals surface area (Å²) in [6.45, 7) is 4.19. The Morgan fingerprint density at radius 1 is 1.21 bits per heavy atom. The molecule has 1 saturated heterocycles. The number of nitrogens with zero attached hydrogens (tertiary/aromatic N) is 5. The van der Waals surface area contributed by atoms with E-state index >= 15 is 0 Å². The lowest BCUT2D eigenvalue weighted by Gasteiger charge is -2.37. The van der Waals surface area contributed by atoms with Gasteiger partial charge in [0.15, 0.2) is 10.2 Å². The lowest BCUT2D eigenvalue weighted by atomic mass is 10.0. The van der Waals surface area contributed by atoms with E-state index in [-0.39, 0.29) is 0 Å². The average Bonchev–Trinajstić information content (AvgIpc) is 3.36. The summed E-state index contributed by atoms with van der Waals surface area (Å²) in [6, 6.07) is 15.5. The molecule has 6 nitrogen and oxygen atoms in total. The van der Waals surface area contributed by atoms with E-state index in [1.54, 1.807) is 6.33 Å². The molecule has 1 aliphatic rings. The van der Waals surface area contributed by atoms with Crippen LogP contribution in [-0.2, 0) is 20.0 Å². The van der Waals surface area contributed by atoms with Gasteiger partial charge in [0.1, 0.15) is 12.1 Å². The summed E-state index contributed by atoms with van der Waals surface area (Å²) in [5.74, 6) is 1.02. The van der Waals surface area contributed by atoms with Gasteiger partial charge in [-0.2, -0.15) is 0 Å². The van der Waals surface area contributed by atoms with Crippen LogP contribution in [0, 0.1) is 0 Å². The molecule has 0 aliphatic carbocycles. The number of aryl methyl sites for hydroxylation is 1. The van der Waals surface area contributed by atoms with Crippen molar-refractivity contribution in [3.05, 3.63) is 60.1 Å². The molecule has 29 heavy (non-hydrogen) atoms. The van der Waals surface area contributed by atoms with Gasteiger partial charge in [-0.1, -0.05) is 30.3 Å². The maximum absolute atomic E-state index is 6.04. The highest BCUT2D eigenvalue weighted by molar-refractivity contribution is 7.99. The number of aromatic nitrogens is 3. The van der Waals surface area contributed by atoms with Crippen molar-refractivity contribution in [2.24, 2.45) is 7.05 Å². The SMILES string of the molecule is CN(CCc1ccccc1)[C@@H]1CCCN(Cc2ccc(Sc3nncn3C)o2)C1. The van der Waals surface area contributed by atoms with E-state index < -0.39 is 0 Å². The van der Waals surface area contributed by atoms with Crippen molar-refractivity contribution in [3.8, 4) is 0 Å². The Labute approximate surface area is 176 Å². The maximum atomic E-state index is 6.04. The van der Waals surface area contributed by atoms with E-state index in [1.165, 1.54) is 30.2 Å². The molecule has 1 aliphatic heterocycles. The van der Waals surface area contributed by atoms with E-state index in [0.29, 0.717) is 6.04 Å². The predicted molar refractivity (Wildman–Crippen MR) is 115 cm³/mol. The highest BCUT2D eigenvalue weighted by Crippen LogP contribution is 2.28. The van der Waals surface area contributed by atoms with Crippen LogP contribution in [0.1, 0.15) is 24.2 Å². The molecule has 2 aromatic heterocycles. The molecule has 7 heteroatoms. The smallest absolute Gasteiger partial charge is 0.198 e. The molecule has 0 unspecified atom stereocenters. The Morgan fingerprint density at radius 3 is 2.86 bits per heavy atom.